The van der Waals surface area contributed by atoms with Crippen molar-refractivity contribution in [2.45, 2.75) is 13.8 Å². The van der Waals surface area contributed by atoms with E-state index in [9.17, 15) is 0 Å². The van der Waals surface area contributed by atoms with E-state index in [1.165, 1.54) is 5.39 Å². The molecule has 8 nitrogen and oxygen atoms in total. The van der Waals surface area contributed by atoms with Crippen molar-refractivity contribution in [2.75, 3.05) is 33.4 Å². The highest BCUT2D eigenvalue weighted by Crippen LogP contribution is 2.23. The molecule has 2 N–H and O–H groups in total. The van der Waals surface area contributed by atoms with E-state index in [1.807, 2.05) is 24.3 Å². The van der Waals surface area contributed by atoms with Gasteiger partial charge in [0, 0.05) is 17.7 Å². The molecule has 0 aliphatic heterocycles. The Morgan fingerprint density at radius 1 is 0.882 bits per heavy atom. The summed E-state index contributed by atoms with van der Waals surface area (Å²) in [4.78, 5) is 26.3. The maximum atomic E-state index is 9.10. The Morgan fingerprint density at radius 3 is 2.09 bits per heavy atom. The number of carboxylic acids is 2. The molecule has 3 rings (SSSR count). The van der Waals surface area contributed by atoms with Crippen LogP contribution in [-0.4, -0.2) is 66.1 Å². The molecule has 0 heterocycles. The van der Waals surface area contributed by atoms with E-state index in [2.05, 4.69) is 66.4 Å². The smallest absolute Gasteiger partial charge is 0.414 e. The van der Waals surface area contributed by atoms with Crippen molar-refractivity contribution in [1.82, 2.24) is 4.90 Å². The van der Waals surface area contributed by atoms with Gasteiger partial charge < -0.3 is 24.7 Å². The van der Waals surface area contributed by atoms with Gasteiger partial charge in [-0.05, 0) is 48.1 Å². The lowest BCUT2D eigenvalue weighted by molar-refractivity contribution is -0.159. The number of likely N-dealkylation sites (N-methyl/N-ethyl adjacent to an activating group) is 1. The van der Waals surface area contributed by atoms with E-state index in [0.717, 1.165) is 47.6 Å². The minimum atomic E-state index is -1.82. The summed E-state index contributed by atoms with van der Waals surface area (Å²) in [6.45, 7) is 7.77. The molecule has 0 saturated carbocycles. The molecule has 0 bridgehead atoms. The fourth-order valence-electron chi connectivity index (χ4n) is 3.26. The van der Waals surface area contributed by atoms with Crippen LogP contribution in [0.1, 0.15) is 25.0 Å². The summed E-state index contributed by atoms with van der Waals surface area (Å²) < 4.78 is 5.30. The number of oxime groups is 1. The Morgan fingerprint density at radius 2 is 1.50 bits per heavy atom. The fraction of sp³-hybridized carbons (Fsp3) is 0.269. The van der Waals surface area contributed by atoms with Crippen LogP contribution >= 0.6 is 0 Å². The Bertz CT molecular complexity index is 1090. The highest BCUT2D eigenvalue weighted by atomic mass is 16.6. The third-order valence-electron chi connectivity index (χ3n) is 5.14. The molecular formula is C26H30N2O6. The molecule has 3 aromatic carbocycles. The van der Waals surface area contributed by atoms with E-state index in [0.29, 0.717) is 6.61 Å². The Balaban J connectivity index is 0.000000604. The summed E-state index contributed by atoms with van der Waals surface area (Å²) in [5.41, 5.74) is 2.89. The molecule has 8 heteroatoms. The zero-order valence-corrected chi connectivity index (χ0v) is 19.6. The molecule has 0 spiro atoms. The van der Waals surface area contributed by atoms with Crippen LogP contribution in [-0.2, 0) is 14.4 Å². The van der Waals surface area contributed by atoms with Gasteiger partial charge in [0.05, 0.1) is 7.11 Å². The Hall–Kier alpha value is -3.91. The molecular weight excluding hydrogens is 436 g/mol. The average molecular weight is 467 g/mol. The molecule has 0 unspecified atom stereocenters. The maximum absolute atomic E-state index is 9.10. The average Bonchev–Trinajstić information content (AvgIpc) is 2.86. The van der Waals surface area contributed by atoms with Crippen LogP contribution in [0.2, 0.25) is 0 Å². The lowest BCUT2D eigenvalue weighted by atomic mass is 9.96. The first-order valence-electron chi connectivity index (χ1n) is 10.9. The molecule has 0 aromatic heterocycles. The third-order valence-corrected chi connectivity index (χ3v) is 5.14. The van der Waals surface area contributed by atoms with Gasteiger partial charge in [-0.15, -0.1) is 0 Å². The van der Waals surface area contributed by atoms with Crippen molar-refractivity contribution in [1.29, 1.82) is 0 Å². The Labute approximate surface area is 199 Å². The lowest BCUT2D eigenvalue weighted by Crippen LogP contribution is -2.26. The second-order valence-electron chi connectivity index (χ2n) is 7.17. The number of ether oxygens (including phenoxy) is 1. The first-order chi connectivity index (χ1) is 16.4. The van der Waals surface area contributed by atoms with Crippen LogP contribution in [0.3, 0.4) is 0 Å². The largest absolute Gasteiger partial charge is 0.497 e. The molecule has 0 atom stereocenters. The van der Waals surface area contributed by atoms with Crippen LogP contribution in [0, 0.1) is 0 Å². The van der Waals surface area contributed by atoms with E-state index >= 15 is 0 Å². The van der Waals surface area contributed by atoms with Crippen molar-refractivity contribution in [3.8, 4) is 5.75 Å². The van der Waals surface area contributed by atoms with Gasteiger partial charge in [0.15, 0.2) is 0 Å². The van der Waals surface area contributed by atoms with Crippen molar-refractivity contribution < 1.29 is 29.4 Å². The van der Waals surface area contributed by atoms with Crippen LogP contribution in [0.25, 0.3) is 10.8 Å². The molecule has 0 aliphatic rings. The predicted molar refractivity (Wildman–Crippen MR) is 132 cm³/mol. The number of hydrogen-bond donors (Lipinski definition) is 2. The van der Waals surface area contributed by atoms with Crippen LogP contribution in [0.4, 0.5) is 0 Å². The number of hydrogen-bond acceptors (Lipinski definition) is 6. The topological polar surface area (TPSA) is 109 Å². The molecule has 0 amide bonds. The number of methoxy groups -OCH3 is 1. The maximum Gasteiger partial charge on any atom is 0.414 e. The standard InChI is InChI=1S/C24H28N2O2.C2H2O4/c1-4-26(5-2)17-18-28-25-24(20-13-15-21(27-3)16-14-20)23-12-8-10-19-9-6-7-11-22(19)23;3-1(4)2(5)6/h6-16H,4-5,17-18H2,1-3H3;(H,3,4)(H,5,6). The van der Waals surface area contributed by atoms with Crippen LogP contribution < -0.4 is 4.74 Å². The first kappa shape index (κ1) is 26.3. The zero-order valence-electron chi connectivity index (χ0n) is 19.6. The molecule has 180 valence electrons. The van der Waals surface area contributed by atoms with E-state index in [-0.39, 0.29) is 0 Å². The van der Waals surface area contributed by atoms with Gasteiger partial charge >= 0.3 is 11.9 Å². The van der Waals surface area contributed by atoms with Gasteiger partial charge in [-0.2, -0.15) is 0 Å². The van der Waals surface area contributed by atoms with E-state index in [4.69, 9.17) is 29.4 Å². The highest BCUT2D eigenvalue weighted by Gasteiger charge is 2.12. The summed E-state index contributed by atoms with van der Waals surface area (Å²) in [6, 6.07) is 22.6. The lowest BCUT2D eigenvalue weighted by Gasteiger charge is -2.17. The fourth-order valence-corrected chi connectivity index (χ4v) is 3.26. The van der Waals surface area contributed by atoms with Crippen molar-refractivity contribution in [3.05, 3.63) is 77.9 Å². The van der Waals surface area contributed by atoms with Gasteiger partial charge in [-0.25, -0.2) is 9.59 Å². The normalized spacial score (nSPS) is 11.0. The van der Waals surface area contributed by atoms with Crippen molar-refractivity contribution >= 4 is 28.4 Å². The van der Waals surface area contributed by atoms with Gasteiger partial charge in [0.2, 0.25) is 0 Å². The highest BCUT2D eigenvalue weighted by molar-refractivity contribution is 6.27. The molecule has 0 radical (unpaired) electrons. The first-order valence-corrected chi connectivity index (χ1v) is 10.9. The second kappa shape index (κ2) is 13.6. The van der Waals surface area contributed by atoms with Gasteiger partial charge in [-0.1, -0.05) is 61.5 Å². The van der Waals surface area contributed by atoms with E-state index in [1.54, 1.807) is 7.11 Å². The Kier molecular flexibility index (Phi) is 10.5. The quantitative estimate of drug-likeness (QED) is 0.211. The molecule has 0 saturated heterocycles. The second-order valence-corrected chi connectivity index (χ2v) is 7.17. The van der Waals surface area contributed by atoms with Gasteiger partial charge in [0.1, 0.15) is 18.1 Å². The summed E-state index contributed by atoms with van der Waals surface area (Å²) in [7, 11) is 1.67. The minimum absolute atomic E-state index is 0.562. The summed E-state index contributed by atoms with van der Waals surface area (Å²) >= 11 is 0. The number of aliphatic carboxylic acids is 2. The third kappa shape index (κ3) is 7.60. The zero-order chi connectivity index (χ0) is 24.9. The van der Waals surface area contributed by atoms with Crippen molar-refractivity contribution in [3.63, 3.8) is 0 Å². The van der Waals surface area contributed by atoms with Crippen LogP contribution in [0.15, 0.2) is 71.9 Å². The SMILES string of the molecule is CCN(CC)CCON=C(c1ccc(OC)cc1)c1cccc2ccccc12.O=C(O)C(=O)O. The monoisotopic (exact) mass is 466 g/mol. The predicted octanol–water partition coefficient (Wildman–Crippen LogP) is 4.11. The molecule has 34 heavy (non-hydrogen) atoms. The van der Waals surface area contributed by atoms with Crippen LogP contribution in [0.5, 0.6) is 5.75 Å². The molecule has 0 aliphatic carbocycles. The van der Waals surface area contributed by atoms with Gasteiger partial charge in [-0.3, -0.25) is 0 Å². The number of benzene rings is 3. The minimum Gasteiger partial charge on any atom is -0.497 e. The molecule has 0 fully saturated rings. The number of nitrogens with zero attached hydrogens (tertiary/aromatic N) is 2. The number of carbonyl (C=O) groups is 2. The summed E-state index contributed by atoms with van der Waals surface area (Å²) in [5, 5.41) is 21.7. The summed E-state index contributed by atoms with van der Waals surface area (Å²) in [6.07, 6.45) is 0. The number of carboxylic acid groups (broad SMARTS) is 2. The number of rotatable bonds is 9. The number of fused-ring (bicyclic) bond motifs is 1. The molecule has 3 aromatic rings. The van der Waals surface area contributed by atoms with Crippen molar-refractivity contribution in [2.24, 2.45) is 5.16 Å². The summed E-state index contributed by atoms with van der Waals surface area (Å²) in [5.74, 6) is -2.83. The van der Waals surface area contributed by atoms with E-state index < -0.39 is 11.9 Å². The van der Waals surface area contributed by atoms with Gasteiger partial charge in [0.25, 0.3) is 0 Å².